The molecule has 2 aromatic carbocycles. The van der Waals surface area contributed by atoms with E-state index in [1.54, 1.807) is 18.3 Å². The average Bonchev–Trinajstić information content (AvgIpc) is 2.75. The number of β-lactam (4-membered cyclic amide) rings is 1. The minimum absolute atomic E-state index is 0.186. The van der Waals surface area contributed by atoms with E-state index in [1.165, 1.54) is 0 Å². The van der Waals surface area contributed by atoms with Crippen LogP contribution in [0, 0.1) is 6.92 Å². The second-order valence-corrected chi connectivity index (χ2v) is 7.19. The van der Waals surface area contributed by atoms with Crippen LogP contribution in [-0.4, -0.2) is 28.1 Å². The van der Waals surface area contributed by atoms with Crippen molar-refractivity contribution < 1.29 is 14.3 Å². The van der Waals surface area contributed by atoms with Crippen molar-refractivity contribution in [3.63, 3.8) is 0 Å². The third kappa shape index (κ3) is 6.05. The number of aromatic nitrogens is 1. The third-order valence-electron chi connectivity index (χ3n) is 4.72. The number of ether oxygens (including phenoxy) is 1. The molecule has 31 heavy (non-hydrogen) atoms. The number of carbonyl (C=O) groups excluding carboxylic acids is 2. The van der Waals surface area contributed by atoms with E-state index in [4.69, 9.17) is 10.5 Å². The van der Waals surface area contributed by atoms with E-state index in [-0.39, 0.29) is 18.4 Å². The largest absolute Gasteiger partial charge is 0.469 e. The molecule has 2 heterocycles. The van der Waals surface area contributed by atoms with E-state index >= 15 is 0 Å². The van der Waals surface area contributed by atoms with E-state index < -0.39 is 12.3 Å². The number of hydrogen-bond acceptors (Lipinski definition) is 5. The van der Waals surface area contributed by atoms with Gasteiger partial charge in [-0.1, -0.05) is 48.5 Å². The van der Waals surface area contributed by atoms with Crippen LogP contribution in [0.15, 0.2) is 79.0 Å². The molecule has 2 atom stereocenters. The predicted molar refractivity (Wildman–Crippen MR) is 119 cm³/mol. The number of urea groups is 1. The van der Waals surface area contributed by atoms with Gasteiger partial charge in [-0.3, -0.25) is 4.79 Å². The number of nitrogens with two attached hydrogens (primary N) is 1. The maximum Gasteiger partial charge on any atom is 0.327 e. The maximum absolute atomic E-state index is 12.3. The predicted octanol–water partition coefficient (Wildman–Crippen LogP) is 4.07. The lowest BCUT2D eigenvalue weighted by Crippen LogP contribution is -2.61. The Morgan fingerprint density at radius 1 is 1.13 bits per heavy atom. The lowest BCUT2D eigenvalue weighted by Gasteiger charge is -2.38. The Morgan fingerprint density at radius 3 is 2.32 bits per heavy atom. The highest BCUT2D eigenvalue weighted by Gasteiger charge is 2.43. The van der Waals surface area contributed by atoms with Crippen LogP contribution < -0.4 is 15.8 Å². The number of nitrogens with zero attached hydrogens (tertiary/aromatic N) is 2. The van der Waals surface area contributed by atoms with Crippen molar-refractivity contribution in [1.29, 1.82) is 0 Å². The summed E-state index contributed by atoms with van der Waals surface area (Å²) < 4.78 is 5.69. The minimum Gasteiger partial charge on any atom is -0.469 e. The average molecular weight is 418 g/mol. The number of imide groups is 1. The highest BCUT2D eigenvalue weighted by molar-refractivity contribution is 5.99. The van der Waals surface area contributed by atoms with Gasteiger partial charge in [-0.15, -0.1) is 0 Å². The molecule has 7 nitrogen and oxygen atoms in total. The molecule has 160 valence electrons. The molecule has 0 radical (unpaired) electrons. The van der Waals surface area contributed by atoms with Gasteiger partial charge in [-0.25, -0.2) is 14.7 Å². The summed E-state index contributed by atoms with van der Waals surface area (Å²) in [5, 5.41) is 2.83. The summed E-state index contributed by atoms with van der Waals surface area (Å²) in [4.78, 5) is 29.1. The quantitative estimate of drug-likeness (QED) is 0.623. The summed E-state index contributed by atoms with van der Waals surface area (Å²) in [7, 11) is 0. The van der Waals surface area contributed by atoms with Crippen LogP contribution in [0.2, 0.25) is 0 Å². The van der Waals surface area contributed by atoms with Gasteiger partial charge in [0.25, 0.3) is 0 Å². The van der Waals surface area contributed by atoms with Crippen molar-refractivity contribution in [3.8, 4) is 5.75 Å². The lowest BCUT2D eigenvalue weighted by atomic mass is 10.1. The molecule has 0 saturated carbocycles. The number of benzene rings is 2. The Balaban J connectivity index is 0.000000287. The summed E-state index contributed by atoms with van der Waals surface area (Å²) in [6.07, 6.45) is 1.36. The van der Waals surface area contributed by atoms with Gasteiger partial charge in [-0.2, -0.15) is 0 Å². The number of para-hydroxylation sites is 1. The summed E-state index contributed by atoms with van der Waals surface area (Å²) in [5.74, 6) is 0.993. The lowest BCUT2D eigenvalue weighted by molar-refractivity contribution is -0.152. The maximum atomic E-state index is 12.3. The van der Waals surface area contributed by atoms with Crippen molar-refractivity contribution in [2.45, 2.75) is 32.5 Å². The second kappa shape index (κ2) is 10.2. The van der Waals surface area contributed by atoms with E-state index in [9.17, 15) is 9.59 Å². The van der Waals surface area contributed by atoms with Crippen LogP contribution in [-0.2, 0) is 4.79 Å². The smallest absolute Gasteiger partial charge is 0.327 e. The number of likely N-dealkylation sites (tertiary alicyclic amines) is 1. The molecule has 3 aromatic rings. The summed E-state index contributed by atoms with van der Waals surface area (Å²) >= 11 is 0. The monoisotopic (exact) mass is 418 g/mol. The van der Waals surface area contributed by atoms with Crippen LogP contribution in [0.25, 0.3) is 0 Å². The standard InChI is InChI=1S/C18H18N2O3.C6H8N2/c1-13(14-8-4-2-5-9-14)19-18(22)20-16(21)12-17(20)23-15-10-6-3-7-11-15;1-5-2-3-8-6(7)4-5/h2-11,13,17H,12H2,1H3,(H,19,22);2-4H,1H3,(H2,7,8). The Bertz CT molecular complexity index is 994. The van der Waals surface area contributed by atoms with Crippen molar-refractivity contribution in [2.75, 3.05) is 5.73 Å². The number of nitrogen functional groups attached to an aromatic ring is 1. The van der Waals surface area contributed by atoms with Gasteiger partial charge in [0.1, 0.15) is 11.6 Å². The van der Waals surface area contributed by atoms with Crippen LogP contribution in [0.1, 0.15) is 30.5 Å². The molecular formula is C24H26N4O3. The zero-order valence-electron chi connectivity index (χ0n) is 17.6. The topological polar surface area (TPSA) is 97.5 Å². The number of aryl methyl sites for hydroxylation is 1. The Labute approximate surface area is 181 Å². The SMILES string of the molecule is CC(NC(=O)N1C(=O)CC1Oc1ccccc1)c1ccccc1.Cc1ccnc(N)c1. The molecule has 0 spiro atoms. The fourth-order valence-corrected chi connectivity index (χ4v) is 3.02. The number of pyridine rings is 1. The molecule has 3 amide bonds. The van der Waals surface area contributed by atoms with Gasteiger partial charge in [0.2, 0.25) is 5.91 Å². The van der Waals surface area contributed by atoms with Gasteiger partial charge in [0, 0.05) is 6.20 Å². The van der Waals surface area contributed by atoms with Crippen molar-refractivity contribution in [1.82, 2.24) is 15.2 Å². The minimum atomic E-state index is -0.548. The van der Waals surface area contributed by atoms with Crippen LogP contribution >= 0.6 is 0 Å². The Hall–Kier alpha value is -3.87. The van der Waals surface area contributed by atoms with Gasteiger partial charge in [0.05, 0.1) is 12.5 Å². The number of rotatable bonds is 4. The first-order valence-corrected chi connectivity index (χ1v) is 10.0. The van der Waals surface area contributed by atoms with Gasteiger partial charge < -0.3 is 15.8 Å². The molecule has 2 unspecified atom stereocenters. The van der Waals surface area contributed by atoms with Crippen molar-refractivity contribution in [3.05, 3.63) is 90.1 Å². The molecular weight excluding hydrogens is 392 g/mol. The fourth-order valence-electron chi connectivity index (χ4n) is 3.02. The van der Waals surface area contributed by atoms with E-state index in [0.717, 1.165) is 16.0 Å². The molecule has 1 fully saturated rings. The van der Waals surface area contributed by atoms with Crippen LogP contribution in [0.3, 0.4) is 0 Å². The zero-order chi connectivity index (χ0) is 22.2. The Morgan fingerprint density at radius 2 is 1.77 bits per heavy atom. The first-order chi connectivity index (χ1) is 14.9. The molecule has 1 saturated heterocycles. The first-order valence-electron chi connectivity index (χ1n) is 10.0. The first kappa shape index (κ1) is 21.8. The van der Waals surface area contributed by atoms with Gasteiger partial charge >= 0.3 is 6.03 Å². The van der Waals surface area contributed by atoms with Crippen LogP contribution in [0.4, 0.5) is 10.6 Å². The summed E-state index contributed by atoms with van der Waals surface area (Å²) in [6, 6.07) is 21.9. The molecule has 0 aliphatic carbocycles. The summed E-state index contributed by atoms with van der Waals surface area (Å²) in [5.41, 5.74) is 7.48. The molecule has 0 bridgehead atoms. The van der Waals surface area contributed by atoms with Gasteiger partial charge in [-0.05, 0) is 49.2 Å². The van der Waals surface area contributed by atoms with E-state index in [2.05, 4.69) is 10.3 Å². The molecule has 7 heteroatoms. The molecule has 1 aromatic heterocycles. The van der Waals surface area contributed by atoms with Crippen molar-refractivity contribution >= 4 is 17.8 Å². The Kier molecular flexibility index (Phi) is 7.22. The van der Waals surface area contributed by atoms with E-state index in [1.807, 2.05) is 74.5 Å². The molecule has 1 aliphatic heterocycles. The number of carbonyl (C=O) groups is 2. The number of nitrogens with one attached hydrogen (secondary N) is 1. The number of anilines is 1. The number of hydrogen-bond donors (Lipinski definition) is 2. The molecule has 3 N–H and O–H groups in total. The number of amides is 3. The van der Waals surface area contributed by atoms with E-state index in [0.29, 0.717) is 11.6 Å². The van der Waals surface area contributed by atoms with Crippen molar-refractivity contribution in [2.24, 2.45) is 0 Å². The molecule has 4 rings (SSSR count). The van der Waals surface area contributed by atoms with Gasteiger partial charge in [0.15, 0.2) is 6.23 Å². The highest BCUT2D eigenvalue weighted by atomic mass is 16.5. The van der Waals surface area contributed by atoms with Crippen LogP contribution in [0.5, 0.6) is 5.75 Å². The second-order valence-electron chi connectivity index (χ2n) is 7.19. The zero-order valence-corrected chi connectivity index (χ0v) is 17.6. The summed E-state index contributed by atoms with van der Waals surface area (Å²) in [6.45, 7) is 3.86. The fraction of sp³-hybridized carbons (Fsp3) is 0.208. The highest BCUT2D eigenvalue weighted by Crippen LogP contribution is 2.24. The third-order valence-corrected chi connectivity index (χ3v) is 4.72. The normalized spacial score (nSPS) is 15.7. The molecule has 1 aliphatic rings.